The molecule has 18 heavy (non-hydrogen) atoms. The lowest BCUT2D eigenvalue weighted by Gasteiger charge is -2.09. The molecule has 0 spiro atoms. The molecule has 8 heteroatoms. The molecule has 0 heterocycles. The number of anilines is 1. The second kappa shape index (κ2) is 6.40. The number of esters is 1. The molecule has 0 atom stereocenters. The smallest absolute Gasteiger partial charge is 0.306 e. The monoisotopic (exact) mass is 355 g/mol. The van der Waals surface area contributed by atoms with Crippen molar-refractivity contribution < 1.29 is 17.9 Å². The first-order valence-electron chi connectivity index (χ1n) is 4.86. The summed E-state index contributed by atoms with van der Waals surface area (Å²) in [6.45, 7) is 0. The maximum Gasteiger partial charge on any atom is 0.306 e. The number of nitrogens with one attached hydrogen (secondary N) is 1. The Hall–Kier alpha value is -0.790. The van der Waals surface area contributed by atoms with Gasteiger partial charge in [-0.25, -0.2) is 8.42 Å². The number of hydrogen-bond donors (Lipinski definition) is 1. The van der Waals surface area contributed by atoms with Crippen molar-refractivity contribution in [3.05, 3.63) is 27.7 Å². The molecule has 0 aliphatic carbocycles. The van der Waals surface area contributed by atoms with Gasteiger partial charge in [-0.3, -0.25) is 9.52 Å². The van der Waals surface area contributed by atoms with Crippen LogP contribution in [-0.4, -0.2) is 27.2 Å². The van der Waals surface area contributed by atoms with E-state index in [1.54, 1.807) is 12.1 Å². The van der Waals surface area contributed by atoms with Gasteiger partial charge in [0.15, 0.2) is 0 Å². The molecule has 1 N–H and O–H groups in total. The van der Waals surface area contributed by atoms with Crippen molar-refractivity contribution in [3.8, 4) is 0 Å². The van der Waals surface area contributed by atoms with Gasteiger partial charge in [-0.2, -0.15) is 0 Å². The summed E-state index contributed by atoms with van der Waals surface area (Å²) in [5.41, 5.74) is 0.326. The number of rotatable bonds is 5. The Labute approximate surface area is 119 Å². The fraction of sp³-hybridized carbons (Fsp3) is 0.300. The van der Waals surface area contributed by atoms with Crippen LogP contribution in [0.5, 0.6) is 0 Å². The Bertz CT molecular complexity index is 547. The van der Waals surface area contributed by atoms with Gasteiger partial charge in [-0.1, -0.05) is 11.6 Å². The lowest BCUT2D eigenvalue weighted by molar-refractivity contribution is -0.140. The summed E-state index contributed by atoms with van der Waals surface area (Å²) in [7, 11) is -2.41. The Kier molecular flexibility index (Phi) is 5.43. The summed E-state index contributed by atoms with van der Waals surface area (Å²) in [5.74, 6) is -0.927. The number of hydrogen-bond acceptors (Lipinski definition) is 4. The molecule has 5 nitrogen and oxygen atoms in total. The van der Waals surface area contributed by atoms with Crippen molar-refractivity contribution in [1.29, 1.82) is 0 Å². The fourth-order valence-electron chi connectivity index (χ4n) is 1.11. The molecule has 0 radical (unpaired) electrons. The van der Waals surface area contributed by atoms with Crippen LogP contribution in [0.4, 0.5) is 5.69 Å². The third kappa shape index (κ3) is 4.83. The molecule has 0 aliphatic heterocycles. The van der Waals surface area contributed by atoms with Gasteiger partial charge in [0, 0.05) is 9.50 Å². The molecular formula is C10H11BrClNO4S. The molecule has 0 saturated carbocycles. The molecule has 0 fully saturated rings. The molecule has 0 unspecified atom stereocenters. The molecule has 1 aromatic rings. The van der Waals surface area contributed by atoms with Crippen LogP contribution < -0.4 is 4.72 Å². The van der Waals surface area contributed by atoms with Crippen LogP contribution in [0.15, 0.2) is 22.7 Å². The summed E-state index contributed by atoms with van der Waals surface area (Å²) in [4.78, 5) is 10.9. The Morgan fingerprint density at radius 1 is 1.50 bits per heavy atom. The van der Waals surface area contributed by atoms with E-state index < -0.39 is 16.0 Å². The highest BCUT2D eigenvalue weighted by molar-refractivity contribution is 9.10. The van der Waals surface area contributed by atoms with Crippen LogP contribution in [0.3, 0.4) is 0 Å². The van der Waals surface area contributed by atoms with Crippen LogP contribution in [0.25, 0.3) is 0 Å². The van der Waals surface area contributed by atoms with Crippen molar-refractivity contribution in [1.82, 2.24) is 0 Å². The van der Waals surface area contributed by atoms with Crippen molar-refractivity contribution in [2.45, 2.75) is 6.42 Å². The first-order chi connectivity index (χ1) is 8.34. The standard InChI is InChI=1S/C10H11BrClNO4S/c1-17-10(14)4-5-18(15,16)13-9-6-7(12)2-3-8(9)11/h2-3,6,13H,4-5H2,1H3. The van der Waals surface area contributed by atoms with E-state index in [1.165, 1.54) is 13.2 Å². The van der Waals surface area contributed by atoms with Gasteiger partial charge >= 0.3 is 5.97 Å². The summed E-state index contributed by atoms with van der Waals surface area (Å²) in [6, 6.07) is 4.72. The minimum absolute atomic E-state index is 0.204. The number of benzene rings is 1. The van der Waals surface area contributed by atoms with Crippen LogP contribution in [0.1, 0.15) is 6.42 Å². The largest absolute Gasteiger partial charge is 0.469 e. The number of carbonyl (C=O) groups is 1. The predicted molar refractivity (Wildman–Crippen MR) is 73.2 cm³/mol. The van der Waals surface area contributed by atoms with E-state index in [9.17, 15) is 13.2 Å². The van der Waals surface area contributed by atoms with E-state index in [0.717, 1.165) is 0 Å². The third-order valence-electron chi connectivity index (χ3n) is 2.00. The lowest BCUT2D eigenvalue weighted by Crippen LogP contribution is -2.19. The SMILES string of the molecule is COC(=O)CCS(=O)(=O)Nc1cc(Cl)ccc1Br. The second-order valence-corrected chi connectivity index (χ2v) is 6.50. The molecule has 1 rings (SSSR count). The normalized spacial score (nSPS) is 11.1. The van der Waals surface area contributed by atoms with E-state index in [4.69, 9.17) is 11.6 Å². The maximum absolute atomic E-state index is 11.7. The second-order valence-electron chi connectivity index (χ2n) is 3.37. The summed E-state index contributed by atoms with van der Waals surface area (Å²) in [6.07, 6.45) is -0.204. The minimum atomic E-state index is -3.62. The highest BCUT2D eigenvalue weighted by Gasteiger charge is 2.15. The number of sulfonamides is 1. The van der Waals surface area contributed by atoms with Crippen LogP contribution in [0.2, 0.25) is 5.02 Å². The Morgan fingerprint density at radius 3 is 2.78 bits per heavy atom. The zero-order valence-corrected chi connectivity index (χ0v) is 12.6. The van der Waals surface area contributed by atoms with Gasteiger partial charge in [0.05, 0.1) is 25.0 Å². The molecule has 0 bridgehead atoms. The topological polar surface area (TPSA) is 72.5 Å². The Morgan fingerprint density at radius 2 is 2.17 bits per heavy atom. The molecule has 0 saturated heterocycles. The maximum atomic E-state index is 11.7. The number of carbonyl (C=O) groups excluding carboxylic acids is 1. The van der Waals surface area contributed by atoms with Gasteiger partial charge in [-0.05, 0) is 34.1 Å². The average molecular weight is 357 g/mol. The zero-order valence-electron chi connectivity index (χ0n) is 9.44. The summed E-state index contributed by atoms with van der Waals surface area (Å²) >= 11 is 8.97. The van der Waals surface area contributed by atoms with Crippen LogP contribution >= 0.6 is 27.5 Å². The first kappa shape index (κ1) is 15.3. The van der Waals surface area contributed by atoms with Crippen LogP contribution in [0, 0.1) is 0 Å². The Balaban J connectivity index is 2.76. The number of ether oxygens (including phenoxy) is 1. The zero-order chi connectivity index (χ0) is 13.8. The number of methoxy groups -OCH3 is 1. The van der Waals surface area contributed by atoms with Crippen LogP contribution in [-0.2, 0) is 19.6 Å². The van der Waals surface area contributed by atoms with Gasteiger partial charge < -0.3 is 4.74 Å². The van der Waals surface area contributed by atoms with Crippen molar-refractivity contribution in [2.24, 2.45) is 0 Å². The number of halogens is 2. The molecule has 0 aromatic heterocycles. The molecule has 100 valence electrons. The van der Waals surface area contributed by atoms with Gasteiger partial charge in [0.25, 0.3) is 0 Å². The van der Waals surface area contributed by atoms with Gasteiger partial charge in [0.1, 0.15) is 0 Å². The highest BCUT2D eigenvalue weighted by atomic mass is 79.9. The van der Waals surface area contributed by atoms with E-state index in [-0.39, 0.29) is 12.2 Å². The van der Waals surface area contributed by atoms with E-state index in [1.807, 2.05) is 0 Å². The fourth-order valence-corrected chi connectivity index (χ4v) is 2.80. The van der Waals surface area contributed by atoms with Gasteiger partial charge in [-0.15, -0.1) is 0 Å². The van der Waals surface area contributed by atoms with Crippen molar-refractivity contribution >= 4 is 49.2 Å². The molecule has 0 aliphatic rings. The summed E-state index contributed by atoms with van der Waals surface area (Å²) in [5, 5.41) is 0.406. The summed E-state index contributed by atoms with van der Waals surface area (Å²) < 4.78 is 30.7. The highest BCUT2D eigenvalue weighted by Crippen LogP contribution is 2.26. The van der Waals surface area contributed by atoms with Crippen molar-refractivity contribution in [2.75, 3.05) is 17.6 Å². The van der Waals surface area contributed by atoms with E-state index in [2.05, 4.69) is 25.4 Å². The van der Waals surface area contributed by atoms with Gasteiger partial charge in [0.2, 0.25) is 10.0 Å². The molecular weight excluding hydrogens is 346 g/mol. The van der Waals surface area contributed by atoms with E-state index >= 15 is 0 Å². The average Bonchev–Trinajstić information content (AvgIpc) is 2.30. The molecule has 0 amide bonds. The quantitative estimate of drug-likeness (QED) is 0.822. The lowest BCUT2D eigenvalue weighted by atomic mass is 10.3. The molecule has 1 aromatic carbocycles. The third-order valence-corrected chi connectivity index (χ3v) is 4.20. The predicted octanol–water partition coefficient (Wildman–Crippen LogP) is 2.41. The first-order valence-corrected chi connectivity index (χ1v) is 7.69. The van der Waals surface area contributed by atoms with E-state index in [0.29, 0.717) is 15.2 Å². The minimum Gasteiger partial charge on any atom is -0.469 e. The van der Waals surface area contributed by atoms with Crippen molar-refractivity contribution in [3.63, 3.8) is 0 Å².